The Kier molecular flexibility index (Phi) is 6.27. The number of rotatable bonds is 7. The largest absolute Gasteiger partial charge is 0.311 e. The van der Waals surface area contributed by atoms with Crippen LogP contribution in [0.1, 0.15) is 31.8 Å². The smallest absolute Gasteiger partial charge is 0.185 e. The maximum absolute atomic E-state index is 5.51. The highest BCUT2D eigenvalue weighted by Crippen LogP contribution is 2.25. The fraction of sp³-hybridized carbons (Fsp3) is 0.471. The third kappa shape index (κ3) is 4.68. The molecule has 2 heterocycles. The Morgan fingerprint density at radius 3 is 2.72 bits per heavy atom. The van der Waals surface area contributed by atoms with Gasteiger partial charge in [-0.1, -0.05) is 49.1 Å². The van der Waals surface area contributed by atoms with Gasteiger partial charge in [-0.05, 0) is 37.2 Å². The molecule has 0 aliphatic carbocycles. The molecule has 0 aliphatic heterocycles. The molecular weight excluding hydrogens is 388 g/mol. The van der Waals surface area contributed by atoms with E-state index in [1.54, 1.807) is 34.4 Å². The molecule has 1 unspecified atom stereocenters. The molecule has 0 spiro atoms. The van der Waals surface area contributed by atoms with Gasteiger partial charge >= 0.3 is 0 Å². The minimum absolute atomic E-state index is 0.299. The monoisotopic (exact) mass is 411 g/mol. The van der Waals surface area contributed by atoms with E-state index in [9.17, 15) is 0 Å². The molecule has 2 aromatic heterocycles. The second-order valence-corrected chi connectivity index (χ2v) is 10.5. The topological polar surface area (TPSA) is 35.2 Å². The maximum Gasteiger partial charge on any atom is 0.185 e. The molecule has 4 nitrogen and oxygen atoms in total. The van der Waals surface area contributed by atoms with E-state index in [1.165, 1.54) is 9.60 Å². The van der Waals surface area contributed by atoms with Crippen molar-refractivity contribution in [1.29, 1.82) is 0 Å². The van der Waals surface area contributed by atoms with E-state index in [0.29, 0.717) is 12.0 Å². The van der Waals surface area contributed by atoms with Crippen LogP contribution in [0.25, 0.3) is 10.2 Å². The van der Waals surface area contributed by atoms with Gasteiger partial charge in [0, 0.05) is 5.75 Å². The minimum atomic E-state index is 0.299. The first kappa shape index (κ1) is 19.0. The van der Waals surface area contributed by atoms with Crippen LogP contribution in [0.5, 0.6) is 0 Å². The van der Waals surface area contributed by atoms with Crippen LogP contribution in [-0.4, -0.2) is 27.6 Å². The summed E-state index contributed by atoms with van der Waals surface area (Å²) in [7, 11) is 2.18. The van der Waals surface area contributed by atoms with Crippen LogP contribution in [0, 0.1) is 9.87 Å². The quantitative estimate of drug-likeness (QED) is 0.465. The Bertz CT molecular complexity index is 862. The van der Waals surface area contributed by atoms with Crippen molar-refractivity contribution >= 4 is 56.9 Å². The minimum Gasteiger partial charge on any atom is -0.311 e. The average Bonchev–Trinajstić information content (AvgIpc) is 3.16. The molecule has 1 N–H and O–H groups in total. The van der Waals surface area contributed by atoms with E-state index in [-0.39, 0.29) is 0 Å². The summed E-state index contributed by atoms with van der Waals surface area (Å²) in [6, 6.07) is 8.61. The number of quaternary nitrogens is 1. The van der Waals surface area contributed by atoms with Crippen LogP contribution < -0.4 is 4.90 Å². The summed E-state index contributed by atoms with van der Waals surface area (Å²) in [5.41, 5.74) is 1.08. The number of nitrogens with one attached hydrogen (secondary N) is 1. The van der Waals surface area contributed by atoms with Crippen molar-refractivity contribution in [3.63, 3.8) is 0 Å². The molecule has 0 radical (unpaired) electrons. The second-order valence-electron chi connectivity index (χ2n) is 6.58. The van der Waals surface area contributed by atoms with Gasteiger partial charge in [0.1, 0.15) is 6.04 Å². The molecule has 3 aromatic rings. The van der Waals surface area contributed by atoms with Gasteiger partial charge in [-0.25, -0.2) is 4.98 Å². The summed E-state index contributed by atoms with van der Waals surface area (Å²) in [4.78, 5) is 6.13. The number of thiazole rings is 1. The molecule has 0 aliphatic rings. The van der Waals surface area contributed by atoms with Crippen LogP contribution in [-0.2, 0) is 6.67 Å². The number of fused-ring (bicyclic) bond motifs is 1. The summed E-state index contributed by atoms with van der Waals surface area (Å²) in [6.07, 6.45) is 0. The normalized spacial score (nSPS) is 14.3. The summed E-state index contributed by atoms with van der Waals surface area (Å²) < 4.78 is 5.12. The van der Waals surface area contributed by atoms with Crippen molar-refractivity contribution < 1.29 is 4.90 Å². The molecule has 0 bridgehead atoms. The lowest BCUT2D eigenvalue weighted by Gasteiger charge is -2.19. The highest BCUT2D eigenvalue weighted by Gasteiger charge is 2.21. The first-order chi connectivity index (χ1) is 11.9. The average molecular weight is 412 g/mol. The zero-order valence-electron chi connectivity index (χ0n) is 14.9. The number of aromatic nitrogens is 3. The predicted octanol–water partition coefficient (Wildman–Crippen LogP) is 4.27. The molecule has 2 atom stereocenters. The number of benzene rings is 1. The van der Waals surface area contributed by atoms with Crippen LogP contribution in [0.2, 0.25) is 0 Å². The lowest BCUT2D eigenvalue weighted by atomic mass is 10.3. The molecular formula is C17H23N4S4+. The zero-order chi connectivity index (χ0) is 18.0. The van der Waals surface area contributed by atoms with Crippen molar-refractivity contribution in [2.45, 2.75) is 37.8 Å². The molecule has 3 rings (SSSR count). The standard InChI is InChI=1S/C17H22N4S4/c1-11(2)9-23-16-19-21(17(22)25-16)10-20(4)12(3)15-18-13-7-5-6-8-14(13)24-15/h5-8,11-12H,9-10H2,1-4H3/p+1/t12-/m1/s1. The van der Waals surface area contributed by atoms with E-state index in [4.69, 9.17) is 22.3 Å². The lowest BCUT2D eigenvalue weighted by molar-refractivity contribution is -0.933. The van der Waals surface area contributed by atoms with Crippen LogP contribution in [0.3, 0.4) is 0 Å². The Morgan fingerprint density at radius 2 is 2.00 bits per heavy atom. The van der Waals surface area contributed by atoms with Crippen LogP contribution in [0.15, 0.2) is 28.6 Å². The second kappa shape index (κ2) is 8.26. The first-order valence-electron chi connectivity index (χ1n) is 8.32. The van der Waals surface area contributed by atoms with Crippen molar-refractivity contribution in [2.24, 2.45) is 5.92 Å². The van der Waals surface area contributed by atoms with E-state index < -0.39 is 0 Å². The molecule has 25 heavy (non-hydrogen) atoms. The SMILES string of the molecule is CC(C)CSc1nn(C[NH+](C)[C@H](C)c2nc3ccccc3s2)c(=S)s1. The summed E-state index contributed by atoms with van der Waals surface area (Å²) >= 11 is 10.7. The van der Waals surface area contributed by atoms with E-state index in [2.05, 4.69) is 46.0 Å². The molecule has 0 saturated carbocycles. The molecule has 0 amide bonds. The predicted molar refractivity (Wildman–Crippen MR) is 111 cm³/mol. The first-order valence-corrected chi connectivity index (χ1v) is 11.3. The Morgan fingerprint density at radius 1 is 1.24 bits per heavy atom. The number of para-hydroxylation sites is 1. The summed E-state index contributed by atoms with van der Waals surface area (Å²) in [6.45, 7) is 7.42. The van der Waals surface area contributed by atoms with Crippen molar-refractivity contribution in [3.05, 3.63) is 33.2 Å². The van der Waals surface area contributed by atoms with Gasteiger partial charge in [0.2, 0.25) is 0 Å². The van der Waals surface area contributed by atoms with Crippen molar-refractivity contribution in [2.75, 3.05) is 12.8 Å². The van der Waals surface area contributed by atoms with E-state index in [1.807, 2.05) is 10.7 Å². The van der Waals surface area contributed by atoms with Crippen LogP contribution in [0.4, 0.5) is 0 Å². The summed E-state index contributed by atoms with van der Waals surface area (Å²) in [5, 5.41) is 5.86. The highest BCUT2D eigenvalue weighted by atomic mass is 32.2. The van der Waals surface area contributed by atoms with Gasteiger partial charge in [-0.3, -0.25) is 0 Å². The molecule has 1 aromatic carbocycles. The van der Waals surface area contributed by atoms with Gasteiger partial charge < -0.3 is 4.90 Å². The number of hydrogen-bond acceptors (Lipinski definition) is 6. The maximum atomic E-state index is 5.51. The van der Waals surface area contributed by atoms with Crippen molar-refractivity contribution in [1.82, 2.24) is 14.8 Å². The molecule has 8 heteroatoms. The Labute approximate surface area is 165 Å². The van der Waals surface area contributed by atoms with Gasteiger partial charge in [0.25, 0.3) is 0 Å². The zero-order valence-corrected chi connectivity index (χ0v) is 18.1. The van der Waals surface area contributed by atoms with Crippen LogP contribution >= 0.6 is 46.7 Å². The Balaban J connectivity index is 1.70. The van der Waals surface area contributed by atoms with Gasteiger partial charge in [0.05, 0.1) is 17.3 Å². The van der Waals surface area contributed by atoms with Gasteiger partial charge in [0.15, 0.2) is 20.0 Å². The number of nitrogens with zero attached hydrogens (tertiary/aromatic N) is 3. The molecule has 134 valence electrons. The van der Waals surface area contributed by atoms with Gasteiger partial charge in [-0.15, -0.1) is 16.4 Å². The van der Waals surface area contributed by atoms with Gasteiger partial charge in [-0.2, -0.15) is 4.68 Å². The number of hydrogen-bond donors (Lipinski definition) is 1. The third-order valence-electron chi connectivity index (χ3n) is 3.95. The number of thioether (sulfide) groups is 1. The fourth-order valence-corrected chi connectivity index (χ4v) is 5.76. The highest BCUT2D eigenvalue weighted by molar-refractivity contribution is 8.01. The fourth-order valence-electron chi connectivity index (χ4n) is 2.34. The Hall–Kier alpha value is -0.800. The molecule has 0 saturated heterocycles. The molecule has 0 fully saturated rings. The van der Waals surface area contributed by atoms with Crippen molar-refractivity contribution in [3.8, 4) is 0 Å². The lowest BCUT2D eigenvalue weighted by Crippen LogP contribution is -3.08. The third-order valence-corrected chi connectivity index (χ3v) is 8.03. The van der Waals surface area contributed by atoms with E-state index in [0.717, 1.165) is 31.2 Å². The summed E-state index contributed by atoms with van der Waals surface area (Å²) in [5.74, 6) is 1.73. The van der Waals surface area contributed by atoms with E-state index >= 15 is 0 Å².